The van der Waals surface area contributed by atoms with Crippen LogP contribution in [0.25, 0.3) is 0 Å². The fourth-order valence-electron chi connectivity index (χ4n) is 1.67. The lowest BCUT2D eigenvalue weighted by Gasteiger charge is -2.07. The van der Waals surface area contributed by atoms with Crippen molar-refractivity contribution >= 4 is 40.1 Å². The van der Waals surface area contributed by atoms with Gasteiger partial charge in [0.05, 0.1) is 4.88 Å². The number of nitrogens with two attached hydrogens (primary N) is 1. The van der Waals surface area contributed by atoms with E-state index in [0.717, 1.165) is 10.4 Å². The Balaban J connectivity index is 1.99. The van der Waals surface area contributed by atoms with Crippen LogP contribution in [-0.4, -0.2) is 17.5 Å². The van der Waals surface area contributed by atoms with Crippen molar-refractivity contribution in [2.24, 2.45) is 5.73 Å². The maximum Gasteiger partial charge on any atom is 0.265 e. The second-order valence-corrected chi connectivity index (χ2v) is 6.36. The average Bonchev–Trinajstić information content (AvgIpc) is 2.78. The molecule has 6 heteroatoms. The van der Waals surface area contributed by atoms with E-state index < -0.39 is 0 Å². The van der Waals surface area contributed by atoms with Crippen LogP contribution in [0, 0.1) is 13.8 Å². The highest BCUT2D eigenvalue weighted by Crippen LogP contribution is 2.22. The van der Waals surface area contributed by atoms with Gasteiger partial charge in [0.1, 0.15) is 17.3 Å². The number of carbonyl (C=O) groups is 1. The average molecular weight is 320 g/mol. The van der Waals surface area contributed by atoms with Gasteiger partial charge in [0.15, 0.2) is 0 Å². The van der Waals surface area contributed by atoms with Gasteiger partial charge in [-0.2, -0.15) is 0 Å². The van der Waals surface area contributed by atoms with Gasteiger partial charge in [-0.1, -0.05) is 12.2 Å². The summed E-state index contributed by atoms with van der Waals surface area (Å²) in [4.78, 5) is 14.3. The molecule has 4 nitrogen and oxygen atoms in total. The van der Waals surface area contributed by atoms with Crippen LogP contribution in [0.15, 0.2) is 30.3 Å². The zero-order valence-corrected chi connectivity index (χ0v) is 13.4. The number of carbonyl (C=O) groups excluding carboxylic acids is 1. The monoisotopic (exact) mass is 320 g/mol. The minimum Gasteiger partial charge on any atom is -0.487 e. The SMILES string of the molecule is Cc1cc(C(=O)Nc2ccc(OCC(N)=S)cc2)sc1C. The van der Waals surface area contributed by atoms with Gasteiger partial charge in [-0.05, 0) is 49.7 Å². The van der Waals surface area contributed by atoms with E-state index in [4.69, 9.17) is 22.7 Å². The Hall–Kier alpha value is -1.92. The molecule has 0 spiro atoms. The zero-order chi connectivity index (χ0) is 15.4. The van der Waals surface area contributed by atoms with Gasteiger partial charge >= 0.3 is 0 Å². The molecule has 0 fully saturated rings. The van der Waals surface area contributed by atoms with E-state index in [9.17, 15) is 4.79 Å². The highest BCUT2D eigenvalue weighted by Gasteiger charge is 2.10. The number of anilines is 1. The van der Waals surface area contributed by atoms with Crippen LogP contribution in [0.2, 0.25) is 0 Å². The second-order valence-electron chi connectivity index (χ2n) is 4.58. The summed E-state index contributed by atoms with van der Waals surface area (Å²) >= 11 is 6.23. The summed E-state index contributed by atoms with van der Waals surface area (Å²) in [5, 5.41) is 2.86. The first-order valence-corrected chi connectivity index (χ1v) is 7.57. The molecule has 0 saturated heterocycles. The van der Waals surface area contributed by atoms with Gasteiger partial charge in [0, 0.05) is 10.6 Å². The first-order chi connectivity index (χ1) is 9.95. The van der Waals surface area contributed by atoms with Crippen molar-refractivity contribution in [2.75, 3.05) is 11.9 Å². The van der Waals surface area contributed by atoms with Crippen LogP contribution in [0.5, 0.6) is 5.75 Å². The lowest BCUT2D eigenvalue weighted by molar-refractivity contribution is 0.103. The Morgan fingerprint density at radius 1 is 1.33 bits per heavy atom. The van der Waals surface area contributed by atoms with Crippen molar-refractivity contribution in [3.8, 4) is 5.75 Å². The maximum atomic E-state index is 12.1. The van der Waals surface area contributed by atoms with Crippen molar-refractivity contribution < 1.29 is 9.53 Å². The molecule has 0 bridgehead atoms. The number of hydrogen-bond donors (Lipinski definition) is 2. The molecular weight excluding hydrogens is 304 g/mol. The summed E-state index contributed by atoms with van der Waals surface area (Å²) in [7, 11) is 0. The third-order valence-electron chi connectivity index (χ3n) is 2.88. The Morgan fingerprint density at radius 2 is 2.00 bits per heavy atom. The minimum absolute atomic E-state index is 0.104. The predicted molar refractivity (Wildman–Crippen MR) is 90.5 cm³/mol. The van der Waals surface area contributed by atoms with E-state index in [1.54, 1.807) is 24.3 Å². The molecule has 3 N–H and O–H groups in total. The van der Waals surface area contributed by atoms with Crippen LogP contribution in [0.4, 0.5) is 5.69 Å². The normalized spacial score (nSPS) is 10.2. The molecule has 21 heavy (non-hydrogen) atoms. The Labute approximate surface area is 132 Å². The van der Waals surface area contributed by atoms with Crippen LogP contribution >= 0.6 is 23.6 Å². The molecule has 0 aliphatic rings. The lowest BCUT2D eigenvalue weighted by Crippen LogP contribution is -2.17. The summed E-state index contributed by atoms with van der Waals surface area (Å²) in [6.45, 7) is 4.20. The van der Waals surface area contributed by atoms with E-state index in [-0.39, 0.29) is 12.5 Å². The van der Waals surface area contributed by atoms with E-state index in [1.165, 1.54) is 11.3 Å². The Kier molecular flexibility index (Phi) is 4.93. The van der Waals surface area contributed by atoms with Crippen molar-refractivity contribution in [3.05, 3.63) is 45.6 Å². The van der Waals surface area contributed by atoms with Crippen molar-refractivity contribution in [3.63, 3.8) is 0 Å². The highest BCUT2D eigenvalue weighted by atomic mass is 32.1. The molecule has 1 amide bonds. The molecule has 2 rings (SSSR count). The van der Waals surface area contributed by atoms with Crippen LogP contribution in [0.1, 0.15) is 20.1 Å². The molecular formula is C15H16N2O2S2. The summed E-state index contributed by atoms with van der Waals surface area (Å²) in [5.41, 5.74) is 7.21. The standard InChI is InChI=1S/C15H16N2O2S2/c1-9-7-13(21-10(9)2)15(18)17-11-3-5-12(6-4-11)19-8-14(16)20/h3-7H,8H2,1-2H3,(H2,16,20)(H,17,18). The smallest absolute Gasteiger partial charge is 0.265 e. The summed E-state index contributed by atoms with van der Waals surface area (Å²) in [5.74, 6) is 0.552. The lowest BCUT2D eigenvalue weighted by atomic mass is 10.2. The predicted octanol–water partition coefficient (Wildman–Crippen LogP) is 3.28. The topological polar surface area (TPSA) is 64.3 Å². The van der Waals surface area contributed by atoms with Crippen molar-refractivity contribution in [1.82, 2.24) is 0 Å². The largest absolute Gasteiger partial charge is 0.487 e. The summed E-state index contributed by atoms with van der Waals surface area (Å²) < 4.78 is 5.35. The number of nitrogens with one attached hydrogen (secondary N) is 1. The first kappa shape index (κ1) is 15.5. The summed E-state index contributed by atoms with van der Waals surface area (Å²) in [6, 6.07) is 8.98. The molecule has 0 saturated carbocycles. The number of rotatable bonds is 5. The zero-order valence-electron chi connectivity index (χ0n) is 11.8. The number of thiocarbonyl (C=S) groups is 1. The van der Waals surface area contributed by atoms with Crippen molar-refractivity contribution in [1.29, 1.82) is 0 Å². The molecule has 1 aromatic carbocycles. The van der Waals surface area contributed by atoms with Gasteiger partial charge in [0.2, 0.25) is 0 Å². The highest BCUT2D eigenvalue weighted by molar-refractivity contribution is 7.80. The van der Waals surface area contributed by atoms with Gasteiger partial charge in [0.25, 0.3) is 5.91 Å². The van der Waals surface area contributed by atoms with Gasteiger partial charge in [-0.3, -0.25) is 4.79 Å². The fraction of sp³-hybridized carbons (Fsp3) is 0.200. The van der Waals surface area contributed by atoms with Gasteiger partial charge < -0.3 is 15.8 Å². The first-order valence-electron chi connectivity index (χ1n) is 6.35. The maximum absolute atomic E-state index is 12.1. The third-order valence-corrected chi connectivity index (χ3v) is 4.15. The van der Waals surface area contributed by atoms with Gasteiger partial charge in [-0.15, -0.1) is 11.3 Å². The van der Waals surface area contributed by atoms with E-state index in [2.05, 4.69) is 5.32 Å². The van der Waals surface area contributed by atoms with Crippen LogP contribution < -0.4 is 15.8 Å². The second kappa shape index (κ2) is 6.69. The number of ether oxygens (including phenoxy) is 1. The van der Waals surface area contributed by atoms with E-state index in [1.807, 2.05) is 19.9 Å². The minimum atomic E-state index is -0.104. The molecule has 0 radical (unpaired) electrons. The van der Waals surface area contributed by atoms with Gasteiger partial charge in [-0.25, -0.2) is 0 Å². The molecule has 0 aliphatic heterocycles. The van der Waals surface area contributed by atoms with Crippen LogP contribution in [0.3, 0.4) is 0 Å². The fourth-order valence-corrected chi connectivity index (χ4v) is 2.65. The van der Waals surface area contributed by atoms with Crippen molar-refractivity contribution in [2.45, 2.75) is 13.8 Å². The molecule has 0 unspecified atom stereocenters. The number of benzene rings is 1. The molecule has 1 aromatic heterocycles. The molecule has 1 heterocycles. The number of hydrogen-bond acceptors (Lipinski definition) is 4. The molecule has 0 aliphatic carbocycles. The Morgan fingerprint density at radius 3 is 2.52 bits per heavy atom. The summed E-state index contributed by atoms with van der Waals surface area (Å²) in [6.07, 6.45) is 0. The number of thiophene rings is 1. The van der Waals surface area contributed by atoms with Crippen LogP contribution in [-0.2, 0) is 0 Å². The number of aryl methyl sites for hydroxylation is 2. The Bertz CT molecular complexity index is 643. The molecule has 0 atom stereocenters. The third kappa shape index (κ3) is 4.27. The quantitative estimate of drug-likeness (QED) is 0.830. The van der Waals surface area contributed by atoms with E-state index in [0.29, 0.717) is 21.3 Å². The molecule has 110 valence electrons. The van der Waals surface area contributed by atoms with E-state index >= 15 is 0 Å². The molecule has 2 aromatic rings. The number of amides is 1.